The second kappa shape index (κ2) is 7.23. The average molecular weight is 383 g/mol. The average Bonchev–Trinajstić information content (AvgIpc) is 2.57. The molecule has 6 heteroatoms. The Kier molecular flexibility index (Phi) is 4.86. The minimum atomic E-state index is 0.0256. The number of hydrogen-bond acceptors (Lipinski definition) is 5. The number of carbonyl (C=O) groups excluding carboxylic acids is 1. The van der Waals surface area contributed by atoms with E-state index in [0.717, 1.165) is 15.8 Å². The third-order valence-electron chi connectivity index (χ3n) is 3.32. The number of Topliss-reactive ketones (excluding diaryl/α,β-unsaturated/α-hetero) is 1. The minimum Gasteiger partial charge on any atom is -0.340 e. The van der Waals surface area contributed by atoms with Gasteiger partial charge >= 0.3 is 0 Å². The summed E-state index contributed by atoms with van der Waals surface area (Å²) < 4.78 is 0.932. The van der Waals surface area contributed by atoms with Crippen LogP contribution < -0.4 is 10.6 Å². The molecule has 0 aliphatic carbocycles. The smallest absolute Gasteiger partial charge is 0.229 e. The fraction of sp³-hybridized carbons (Fsp3) is 0.0556. The third-order valence-corrected chi connectivity index (χ3v) is 4.01. The normalized spacial score (nSPS) is 10.2. The molecule has 3 aromatic rings. The van der Waals surface area contributed by atoms with Crippen molar-refractivity contribution in [3.8, 4) is 0 Å². The number of carbonyl (C=O) groups is 1. The summed E-state index contributed by atoms with van der Waals surface area (Å²) in [6, 6.07) is 16.8. The largest absolute Gasteiger partial charge is 0.340 e. The van der Waals surface area contributed by atoms with Gasteiger partial charge in [-0.3, -0.25) is 4.79 Å². The number of halogens is 1. The molecule has 0 amide bonds. The van der Waals surface area contributed by atoms with Crippen LogP contribution in [0.1, 0.15) is 17.3 Å². The fourth-order valence-corrected chi connectivity index (χ4v) is 2.52. The van der Waals surface area contributed by atoms with Gasteiger partial charge in [0.05, 0.1) is 5.69 Å². The van der Waals surface area contributed by atoms with Gasteiger partial charge in [0.1, 0.15) is 5.82 Å². The maximum atomic E-state index is 11.5. The van der Waals surface area contributed by atoms with Crippen LogP contribution in [0.2, 0.25) is 0 Å². The number of ketones is 1. The summed E-state index contributed by atoms with van der Waals surface area (Å²) in [5.41, 5.74) is 2.34. The number of rotatable bonds is 5. The molecule has 0 aliphatic heterocycles. The lowest BCUT2D eigenvalue weighted by Gasteiger charge is -2.10. The molecule has 0 unspecified atom stereocenters. The predicted octanol–water partition coefficient (Wildman–Crippen LogP) is 4.93. The molecule has 1 aromatic heterocycles. The number of hydrogen-bond donors (Lipinski definition) is 2. The first-order chi connectivity index (χ1) is 11.6. The standard InChI is InChI=1S/C18H15BrN4O/c1-12(24)13-5-4-6-14(11-13)21-17-9-10-20-18(23-17)22-16-8-3-2-7-15(16)19/h2-11H,1H3,(H2,20,21,22,23). The molecule has 0 saturated heterocycles. The Morgan fingerprint density at radius 2 is 1.88 bits per heavy atom. The van der Waals surface area contributed by atoms with Crippen molar-refractivity contribution in [2.75, 3.05) is 10.6 Å². The van der Waals surface area contributed by atoms with Gasteiger partial charge in [0, 0.05) is 21.9 Å². The van der Waals surface area contributed by atoms with Gasteiger partial charge in [-0.05, 0) is 53.2 Å². The van der Waals surface area contributed by atoms with Crippen molar-refractivity contribution in [3.05, 3.63) is 70.8 Å². The second-order valence-corrected chi connectivity index (χ2v) is 5.99. The molecule has 24 heavy (non-hydrogen) atoms. The lowest BCUT2D eigenvalue weighted by atomic mass is 10.1. The Morgan fingerprint density at radius 1 is 1.04 bits per heavy atom. The van der Waals surface area contributed by atoms with Crippen LogP contribution in [0.5, 0.6) is 0 Å². The Morgan fingerprint density at radius 3 is 2.67 bits per heavy atom. The molecule has 0 atom stereocenters. The van der Waals surface area contributed by atoms with Crippen LogP contribution in [0.4, 0.5) is 23.1 Å². The first-order valence-electron chi connectivity index (χ1n) is 7.34. The molecule has 2 aromatic carbocycles. The minimum absolute atomic E-state index is 0.0256. The van der Waals surface area contributed by atoms with Gasteiger partial charge in [-0.25, -0.2) is 4.98 Å². The Balaban J connectivity index is 1.79. The van der Waals surface area contributed by atoms with Crippen molar-refractivity contribution < 1.29 is 4.79 Å². The molecule has 3 rings (SSSR count). The van der Waals surface area contributed by atoms with Gasteiger partial charge in [0.2, 0.25) is 5.95 Å². The van der Waals surface area contributed by atoms with Crippen molar-refractivity contribution in [3.63, 3.8) is 0 Å². The molecule has 0 fully saturated rings. The van der Waals surface area contributed by atoms with Crippen LogP contribution in [0.25, 0.3) is 0 Å². The highest BCUT2D eigenvalue weighted by Gasteiger charge is 2.05. The SMILES string of the molecule is CC(=O)c1cccc(Nc2ccnc(Nc3ccccc3Br)n2)c1. The van der Waals surface area contributed by atoms with Crippen LogP contribution in [0.15, 0.2) is 65.3 Å². The van der Waals surface area contributed by atoms with Crippen LogP contribution in [-0.2, 0) is 0 Å². The summed E-state index contributed by atoms with van der Waals surface area (Å²) in [4.78, 5) is 20.1. The van der Waals surface area contributed by atoms with Gasteiger partial charge in [-0.1, -0.05) is 24.3 Å². The van der Waals surface area contributed by atoms with Crippen molar-refractivity contribution >= 4 is 44.9 Å². The molecule has 1 heterocycles. The number of nitrogens with zero attached hydrogens (tertiary/aromatic N) is 2. The lowest BCUT2D eigenvalue weighted by Crippen LogP contribution is -2.01. The van der Waals surface area contributed by atoms with Crippen molar-refractivity contribution in [1.29, 1.82) is 0 Å². The molecule has 0 aliphatic rings. The Hall–Kier alpha value is -2.73. The highest BCUT2D eigenvalue weighted by molar-refractivity contribution is 9.10. The zero-order valence-corrected chi connectivity index (χ0v) is 14.5. The van der Waals surface area contributed by atoms with Gasteiger partial charge in [-0.15, -0.1) is 0 Å². The van der Waals surface area contributed by atoms with Gasteiger partial charge in [0.25, 0.3) is 0 Å². The summed E-state index contributed by atoms with van der Waals surface area (Å²) in [5, 5.41) is 6.35. The zero-order chi connectivity index (χ0) is 16.9. The maximum absolute atomic E-state index is 11.5. The van der Waals surface area contributed by atoms with E-state index in [9.17, 15) is 4.79 Å². The molecule has 0 bridgehead atoms. The van der Waals surface area contributed by atoms with Crippen molar-refractivity contribution in [2.24, 2.45) is 0 Å². The molecule has 0 spiro atoms. The Bertz CT molecular complexity index is 882. The molecule has 0 radical (unpaired) electrons. The van der Waals surface area contributed by atoms with Crippen LogP contribution in [0, 0.1) is 0 Å². The maximum Gasteiger partial charge on any atom is 0.229 e. The number of benzene rings is 2. The first kappa shape index (κ1) is 16.1. The van der Waals surface area contributed by atoms with Crippen LogP contribution in [-0.4, -0.2) is 15.8 Å². The number of nitrogens with one attached hydrogen (secondary N) is 2. The first-order valence-corrected chi connectivity index (χ1v) is 8.14. The molecule has 120 valence electrons. The zero-order valence-electron chi connectivity index (χ0n) is 13.0. The van der Waals surface area contributed by atoms with Gasteiger partial charge in [-0.2, -0.15) is 4.98 Å². The van der Waals surface area contributed by atoms with Crippen LogP contribution >= 0.6 is 15.9 Å². The molecular formula is C18H15BrN4O. The van der Waals surface area contributed by atoms with E-state index in [-0.39, 0.29) is 5.78 Å². The lowest BCUT2D eigenvalue weighted by molar-refractivity contribution is 0.101. The van der Waals surface area contributed by atoms with E-state index in [0.29, 0.717) is 17.3 Å². The van der Waals surface area contributed by atoms with E-state index in [1.807, 2.05) is 36.4 Å². The van der Waals surface area contributed by atoms with Gasteiger partial charge in [0.15, 0.2) is 5.78 Å². The van der Waals surface area contributed by atoms with Crippen molar-refractivity contribution in [2.45, 2.75) is 6.92 Å². The van der Waals surface area contributed by atoms with E-state index in [1.54, 1.807) is 31.3 Å². The van der Waals surface area contributed by atoms with Gasteiger partial charge < -0.3 is 10.6 Å². The molecule has 2 N–H and O–H groups in total. The monoisotopic (exact) mass is 382 g/mol. The van der Waals surface area contributed by atoms with Crippen molar-refractivity contribution in [1.82, 2.24) is 9.97 Å². The van der Waals surface area contributed by atoms with Crippen LogP contribution in [0.3, 0.4) is 0 Å². The quantitative estimate of drug-likeness (QED) is 0.612. The molecular weight excluding hydrogens is 368 g/mol. The summed E-state index contributed by atoms with van der Waals surface area (Å²) in [6.07, 6.45) is 1.67. The summed E-state index contributed by atoms with van der Waals surface area (Å²) >= 11 is 3.48. The topological polar surface area (TPSA) is 66.9 Å². The number of aromatic nitrogens is 2. The van der Waals surface area contributed by atoms with E-state index in [1.165, 1.54) is 0 Å². The predicted molar refractivity (Wildman–Crippen MR) is 99.2 cm³/mol. The highest BCUT2D eigenvalue weighted by Crippen LogP contribution is 2.24. The summed E-state index contributed by atoms with van der Waals surface area (Å²) in [7, 11) is 0. The summed E-state index contributed by atoms with van der Waals surface area (Å²) in [5.74, 6) is 1.15. The van der Waals surface area contributed by atoms with E-state index < -0.39 is 0 Å². The molecule has 5 nitrogen and oxygen atoms in total. The Labute approximate surface area is 148 Å². The van der Waals surface area contributed by atoms with E-state index >= 15 is 0 Å². The second-order valence-electron chi connectivity index (χ2n) is 5.13. The van der Waals surface area contributed by atoms with E-state index in [2.05, 4.69) is 36.5 Å². The third kappa shape index (κ3) is 3.97. The van der Waals surface area contributed by atoms with E-state index in [4.69, 9.17) is 0 Å². The summed E-state index contributed by atoms with van der Waals surface area (Å²) in [6.45, 7) is 1.55. The number of para-hydroxylation sites is 1. The highest BCUT2D eigenvalue weighted by atomic mass is 79.9. The number of anilines is 4. The molecule has 0 saturated carbocycles. The fourth-order valence-electron chi connectivity index (χ4n) is 2.14.